The Hall–Kier alpha value is -1.81. The van der Waals surface area contributed by atoms with Crippen molar-refractivity contribution in [2.24, 2.45) is 5.73 Å². The molecule has 3 unspecified atom stereocenters. The molecule has 0 radical (unpaired) electrons. The highest BCUT2D eigenvalue weighted by Crippen LogP contribution is 2.43. The zero-order chi connectivity index (χ0) is 39.1. The van der Waals surface area contributed by atoms with E-state index < -0.39 is 45.1 Å². The molecule has 11 heteroatoms. The Balaban J connectivity index is 4.22. The third-order valence-electron chi connectivity index (χ3n) is 8.92. The number of rotatable bonds is 40. The van der Waals surface area contributed by atoms with Crippen LogP contribution in [0.25, 0.3) is 0 Å². The van der Waals surface area contributed by atoms with Crippen LogP contribution >= 0.6 is 7.82 Å². The number of hydrogen-bond donors (Lipinski definition) is 3. The molecule has 0 bridgehead atoms. The minimum atomic E-state index is -4.61. The fraction of sp³-hybridized carbons (Fsp3) is 0.810. The normalized spacial score (nSPS) is 14.3. The Morgan fingerprint density at radius 3 is 1.55 bits per heavy atom. The number of carboxylic acids is 1. The van der Waals surface area contributed by atoms with Gasteiger partial charge in [0, 0.05) is 13.0 Å². The van der Waals surface area contributed by atoms with Crippen molar-refractivity contribution in [3.05, 3.63) is 36.5 Å². The van der Waals surface area contributed by atoms with Gasteiger partial charge in [0.05, 0.1) is 19.8 Å². The fourth-order valence-corrected chi connectivity index (χ4v) is 6.39. The Morgan fingerprint density at radius 2 is 1.04 bits per heavy atom. The predicted octanol–water partition coefficient (Wildman–Crippen LogP) is 11.3. The van der Waals surface area contributed by atoms with Gasteiger partial charge in [0.15, 0.2) is 0 Å². The Bertz CT molecular complexity index is 988. The number of carboxylic acid groups (broad SMARTS) is 1. The average molecular weight is 772 g/mol. The maximum atomic E-state index is 12.6. The standard InChI is InChI=1S/C42H78NO9P/c1-3-5-7-9-11-13-15-16-17-18-19-20-21-22-23-24-25-26-28-30-32-34-41(44)52-39(37-50-53(47,48)51-38-40(43)42(45)46)36-49-35-33-31-29-27-14-12-10-8-6-4-2/h15-16,18-19,21-22,39-40H,3-14,17,20,23-38,43H2,1-2H3,(H,45,46)(H,47,48)/b16-15-,19-18-,22-21-. The second kappa shape index (κ2) is 38.5. The predicted molar refractivity (Wildman–Crippen MR) is 217 cm³/mol. The summed E-state index contributed by atoms with van der Waals surface area (Å²) >= 11 is 0. The molecule has 0 amide bonds. The van der Waals surface area contributed by atoms with Gasteiger partial charge in [-0.25, -0.2) is 4.57 Å². The van der Waals surface area contributed by atoms with Crippen LogP contribution in [0, 0.1) is 0 Å². The van der Waals surface area contributed by atoms with Crippen molar-refractivity contribution in [1.82, 2.24) is 0 Å². The lowest BCUT2D eigenvalue weighted by Crippen LogP contribution is -2.34. The molecule has 53 heavy (non-hydrogen) atoms. The summed E-state index contributed by atoms with van der Waals surface area (Å²) in [5.41, 5.74) is 5.34. The maximum absolute atomic E-state index is 12.6. The van der Waals surface area contributed by atoms with Crippen LogP contribution in [0.5, 0.6) is 0 Å². The first-order valence-corrected chi connectivity index (χ1v) is 22.5. The van der Waals surface area contributed by atoms with Crippen LogP contribution in [0.15, 0.2) is 36.5 Å². The van der Waals surface area contributed by atoms with E-state index in [1.807, 2.05) is 0 Å². The molecule has 0 saturated carbocycles. The summed E-state index contributed by atoms with van der Waals surface area (Å²) in [6.45, 7) is 3.84. The van der Waals surface area contributed by atoms with E-state index in [2.05, 4.69) is 50.3 Å². The van der Waals surface area contributed by atoms with Gasteiger partial charge in [-0.15, -0.1) is 0 Å². The Kier molecular flexibility index (Phi) is 37.2. The van der Waals surface area contributed by atoms with Crippen LogP contribution in [0.1, 0.15) is 181 Å². The molecule has 0 spiro atoms. The number of aliphatic carboxylic acids is 1. The molecular formula is C42H78NO9P. The van der Waals surface area contributed by atoms with Crippen LogP contribution in [0.3, 0.4) is 0 Å². The van der Waals surface area contributed by atoms with Gasteiger partial charge >= 0.3 is 19.8 Å². The van der Waals surface area contributed by atoms with Crippen molar-refractivity contribution in [1.29, 1.82) is 0 Å². The van der Waals surface area contributed by atoms with Crippen molar-refractivity contribution >= 4 is 19.8 Å². The highest BCUT2D eigenvalue weighted by molar-refractivity contribution is 7.47. The molecule has 0 heterocycles. The van der Waals surface area contributed by atoms with Crippen LogP contribution in [0.2, 0.25) is 0 Å². The number of esters is 1. The van der Waals surface area contributed by atoms with E-state index in [0.717, 1.165) is 70.6 Å². The number of hydrogen-bond acceptors (Lipinski definition) is 8. The molecule has 3 atom stereocenters. The van der Waals surface area contributed by atoms with Gasteiger partial charge in [-0.2, -0.15) is 0 Å². The number of carbonyl (C=O) groups excluding carboxylic acids is 1. The topological polar surface area (TPSA) is 155 Å². The van der Waals surface area contributed by atoms with Gasteiger partial charge in [-0.05, 0) is 51.4 Å². The Morgan fingerprint density at radius 1 is 0.604 bits per heavy atom. The lowest BCUT2D eigenvalue weighted by atomic mass is 10.1. The van der Waals surface area contributed by atoms with Crippen molar-refractivity contribution in [3.63, 3.8) is 0 Å². The molecule has 4 N–H and O–H groups in total. The smallest absolute Gasteiger partial charge is 0.472 e. The first-order chi connectivity index (χ1) is 25.7. The molecular weight excluding hydrogens is 693 g/mol. The van der Waals surface area contributed by atoms with E-state index in [1.165, 1.54) is 83.5 Å². The van der Waals surface area contributed by atoms with Crippen LogP contribution in [-0.2, 0) is 32.7 Å². The second-order valence-electron chi connectivity index (χ2n) is 14.1. The second-order valence-corrected chi connectivity index (χ2v) is 15.6. The van der Waals surface area contributed by atoms with Crippen molar-refractivity contribution in [3.8, 4) is 0 Å². The van der Waals surface area contributed by atoms with Crippen molar-refractivity contribution in [2.75, 3.05) is 26.4 Å². The number of phosphoric ester groups is 1. The summed E-state index contributed by atoms with van der Waals surface area (Å²) in [5.74, 6) is -1.79. The van der Waals surface area contributed by atoms with Crippen LogP contribution in [-0.4, -0.2) is 60.5 Å². The number of ether oxygens (including phenoxy) is 2. The van der Waals surface area contributed by atoms with E-state index in [0.29, 0.717) is 13.0 Å². The third kappa shape index (κ3) is 38.3. The lowest BCUT2D eigenvalue weighted by molar-refractivity contribution is -0.154. The molecule has 10 nitrogen and oxygen atoms in total. The Labute approximate surface area is 323 Å². The molecule has 0 aliphatic heterocycles. The summed E-state index contributed by atoms with van der Waals surface area (Å²) in [6, 6.07) is -1.47. The van der Waals surface area contributed by atoms with Gasteiger partial charge in [0.2, 0.25) is 0 Å². The summed E-state index contributed by atoms with van der Waals surface area (Å²) in [7, 11) is -4.61. The molecule has 310 valence electrons. The van der Waals surface area contributed by atoms with Crippen molar-refractivity contribution < 1.29 is 42.7 Å². The molecule has 0 fully saturated rings. The van der Waals surface area contributed by atoms with E-state index >= 15 is 0 Å². The first kappa shape index (κ1) is 51.2. The van der Waals surface area contributed by atoms with Crippen LogP contribution in [0.4, 0.5) is 0 Å². The third-order valence-corrected chi connectivity index (χ3v) is 9.87. The highest BCUT2D eigenvalue weighted by atomic mass is 31.2. The van der Waals surface area contributed by atoms with E-state index in [1.54, 1.807) is 0 Å². The molecule has 0 rings (SSSR count). The summed E-state index contributed by atoms with van der Waals surface area (Å²) in [4.78, 5) is 33.4. The SMILES string of the molecule is CCCCCCC/C=C\C/C=C\C/C=C\CCCCCCCCC(=O)OC(COCCCCCCCCCCCC)COP(=O)(O)OCC(N)C(=O)O. The van der Waals surface area contributed by atoms with Crippen LogP contribution < -0.4 is 5.73 Å². The number of unbranched alkanes of at least 4 members (excludes halogenated alkanes) is 20. The number of phosphoric acid groups is 1. The zero-order valence-electron chi connectivity index (χ0n) is 33.6. The van der Waals surface area contributed by atoms with Gasteiger partial charge in [0.25, 0.3) is 0 Å². The van der Waals surface area contributed by atoms with Crippen molar-refractivity contribution in [2.45, 2.75) is 193 Å². The molecule has 0 aromatic carbocycles. The van der Waals surface area contributed by atoms with E-state index in [4.69, 9.17) is 29.4 Å². The minimum Gasteiger partial charge on any atom is -0.480 e. The number of allylic oxidation sites excluding steroid dienone is 6. The van der Waals surface area contributed by atoms with E-state index in [-0.39, 0.29) is 13.0 Å². The summed E-state index contributed by atoms with van der Waals surface area (Å²) < 4.78 is 33.2. The van der Waals surface area contributed by atoms with Gasteiger partial charge in [-0.1, -0.05) is 159 Å². The number of carbonyl (C=O) groups is 2. The first-order valence-electron chi connectivity index (χ1n) is 21.0. The number of nitrogens with two attached hydrogens (primary N) is 1. The largest absolute Gasteiger partial charge is 0.480 e. The summed E-state index contributed by atoms with van der Waals surface area (Å²) in [6.07, 6.45) is 42.0. The molecule has 0 aromatic heterocycles. The van der Waals surface area contributed by atoms with E-state index in [9.17, 15) is 19.0 Å². The van der Waals surface area contributed by atoms with Gasteiger partial charge in [-0.3, -0.25) is 18.6 Å². The monoisotopic (exact) mass is 772 g/mol. The molecule has 0 aromatic rings. The zero-order valence-corrected chi connectivity index (χ0v) is 34.5. The minimum absolute atomic E-state index is 0.0131. The maximum Gasteiger partial charge on any atom is 0.472 e. The summed E-state index contributed by atoms with van der Waals surface area (Å²) in [5, 5.41) is 8.87. The molecule has 0 saturated heterocycles. The van der Waals surface area contributed by atoms with Gasteiger partial charge in [0.1, 0.15) is 12.1 Å². The highest BCUT2D eigenvalue weighted by Gasteiger charge is 2.27. The van der Waals surface area contributed by atoms with Gasteiger partial charge < -0.3 is 25.2 Å². The fourth-order valence-electron chi connectivity index (χ4n) is 5.61. The lowest BCUT2D eigenvalue weighted by Gasteiger charge is -2.20. The molecule has 0 aliphatic rings. The molecule has 0 aliphatic carbocycles. The average Bonchev–Trinajstić information content (AvgIpc) is 3.13. The quantitative estimate of drug-likeness (QED) is 0.0237.